The Kier molecular flexibility index (Phi) is 5.51. The Bertz CT molecular complexity index is 592. The molecule has 1 N–H and O–H groups in total. The number of hydrogen-bond acceptors (Lipinski definition) is 1. The van der Waals surface area contributed by atoms with Gasteiger partial charge < -0.3 is 5.32 Å². The second kappa shape index (κ2) is 7.37. The van der Waals surface area contributed by atoms with Crippen molar-refractivity contribution in [1.29, 1.82) is 0 Å². The Morgan fingerprint density at radius 3 is 2.43 bits per heavy atom. The van der Waals surface area contributed by atoms with E-state index in [1.807, 2.05) is 37.3 Å². The third-order valence-electron chi connectivity index (χ3n) is 3.92. The maximum atomic E-state index is 14.4. The Morgan fingerprint density at radius 1 is 1.00 bits per heavy atom. The van der Waals surface area contributed by atoms with E-state index >= 15 is 0 Å². The monoisotopic (exact) mass is 285 g/mol. The molecule has 112 valence electrons. The van der Waals surface area contributed by atoms with E-state index in [1.54, 1.807) is 0 Å². The van der Waals surface area contributed by atoms with Gasteiger partial charge in [-0.3, -0.25) is 0 Å². The summed E-state index contributed by atoms with van der Waals surface area (Å²) in [6, 6.07) is 14.0. The quantitative estimate of drug-likeness (QED) is 0.809. The summed E-state index contributed by atoms with van der Waals surface area (Å²) in [5.41, 5.74) is 4.01. The van der Waals surface area contributed by atoms with Gasteiger partial charge in [-0.15, -0.1) is 0 Å². The SMILES string of the molecule is CCCNC(Cc1ccccc1C)c1cccc(C)c1F. The molecular formula is C19H24FN. The van der Waals surface area contributed by atoms with Crippen LogP contribution in [0.4, 0.5) is 4.39 Å². The van der Waals surface area contributed by atoms with Crippen molar-refractivity contribution in [2.45, 2.75) is 39.7 Å². The van der Waals surface area contributed by atoms with Gasteiger partial charge in [0, 0.05) is 11.6 Å². The van der Waals surface area contributed by atoms with Crippen molar-refractivity contribution >= 4 is 0 Å². The van der Waals surface area contributed by atoms with Crippen LogP contribution in [0.5, 0.6) is 0 Å². The van der Waals surface area contributed by atoms with Crippen LogP contribution in [0.1, 0.15) is 41.6 Å². The lowest BCUT2D eigenvalue weighted by atomic mass is 9.94. The van der Waals surface area contributed by atoms with E-state index in [2.05, 4.69) is 31.3 Å². The van der Waals surface area contributed by atoms with E-state index in [9.17, 15) is 4.39 Å². The Labute approximate surface area is 127 Å². The van der Waals surface area contributed by atoms with Gasteiger partial charge in [0.25, 0.3) is 0 Å². The van der Waals surface area contributed by atoms with E-state index in [0.717, 1.165) is 24.9 Å². The first-order chi connectivity index (χ1) is 10.1. The second-order valence-electron chi connectivity index (χ2n) is 5.62. The summed E-state index contributed by atoms with van der Waals surface area (Å²) >= 11 is 0. The first-order valence-corrected chi connectivity index (χ1v) is 7.66. The van der Waals surface area contributed by atoms with Crippen LogP contribution in [-0.2, 0) is 6.42 Å². The van der Waals surface area contributed by atoms with E-state index in [4.69, 9.17) is 0 Å². The van der Waals surface area contributed by atoms with Gasteiger partial charge in [-0.25, -0.2) is 4.39 Å². The fourth-order valence-corrected chi connectivity index (χ4v) is 2.61. The molecule has 0 aliphatic rings. The topological polar surface area (TPSA) is 12.0 Å². The molecule has 2 rings (SSSR count). The number of benzene rings is 2. The minimum absolute atomic E-state index is 0.0194. The summed E-state index contributed by atoms with van der Waals surface area (Å²) in [5, 5.41) is 3.49. The summed E-state index contributed by atoms with van der Waals surface area (Å²) in [4.78, 5) is 0. The molecule has 0 heterocycles. The summed E-state index contributed by atoms with van der Waals surface area (Å²) in [6.45, 7) is 6.96. The zero-order chi connectivity index (χ0) is 15.2. The predicted molar refractivity (Wildman–Crippen MR) is 87.1 cm³/mol. The number of rotatable bonds is 6. The van der Waals surface area contributed by atoms with Crippen LogP contribution in [0.3, 0.4) is 0 Å². The molecular weight excluding hydrogens is 261 g/mol. The molecule has 0 amide bonds. The van der Waals surface area contributed by atoms with Crippen LogP contribution in [0.15, 0.2) is 42.5 Å². The zero-order valence-corrected chi connectivity index (χ0v) is 13.1. The van der Waals surface area contributed by atoms with E-state index in [-0.39, 0.29) is 11.9 Å². The molecule has 0 fully saturated rings. The van der Waals surface area contributed by atoms with E-state index in [0.29, 0.717) is 5.56 Å². The van der Waals surface area contributed by atoms with Crippen LogP contribution in [-0.4, -0.2) is 6.54 Å². The lowest BCUT2D eigenvalue weighted by Gasteiger charge is -2.21. The largest absolute Gasteiger partial charge is 0.310 e. The molecule has 0 spiro atoms. The molecule has 1 unspecified atom stereocenters. The molecule has 21 heavy (non-hydrogen) atoms. The van der Waals surface area contributed by atoms with Gasteiger partial charge in [0.05, 0.1) is 0 Å². The van der Waals surface area contributed by atoms with E-state index < -0.39 is 0 Å². The molecule has 2 heteroatoms. The van der Waals surface area contributed by atoms with Crippen molar-refractivity contribution in [2.24, 2.45) is 0 Å². The molecule has 0 aliphatic carbocycles. The first kappa shape index (κ1) is 15.7. The first-order valence-electron chi connectivity index (χ1n) is 7.66. The summed E-state index contributed by atoms with van der Waals surface area (Å²) < 4.78 is 14.4. The van der Waals surface area contributed by atoms with Gasteiger partial charge in [-0.2, -0.15) is 0 Å². The van der Waals surface area contributed by atoms with Crippen molar-refractivity contribution in [1.82, 2.24) is 5.32 Å². The van der Waals surface area contributed by atoms with Crippen LogP contribution in [0, 0.1) is 19.7 Å². The average molecular weight is 285 g/mol. The highest BCUT2D eigenvalue weighted by molar-refractivity contribution is 5.32. The fourth-order valence-electron chi connectivity index (χ4n) is 2.61. The van der Waals surface area contributed by atoms with Gasteiger partial charge in [-0.1, -0.05) is 49.4 Å². The predicted octanol–water partition coefficient (Wildman–Crippen LogP) is 4.73. The molecule has 1 nitrogen and oxygen atoms in total. The van der Waals surface area contributed by atoms with Gasteiger partial charge >= 0.3 is 0 Å². The van der Waals surface area contributed by atoms with Gasteiger partial charge in [0.15, 0.2) is 0 Å². The second-order valence-corrected chi connectivity index (χ2v) is 5.62. The normalized spacial score (nSPS) is 12.4. The maximum absolute atomic E-state index is 14.4. The van der Waals surface area contributed by atoms with Crippen molar-refractivity contribution in [3.63, 3.8) is 0 Å². The molecule has 0 aromatic heterocycles. The molecule has 0 aliphatic heterocycles. The average Bonchev–Trinajstić information content (AvgIpc) is 2.48. The molecule has 1 atom stereocenters. The van der Waals surface area contributed by atoms with Gasteiger partial charge in [-0.05, 0) is 49.9 Å². The number of nitrogens with one attached hydrogen (secondary N) is 1. The maximum Gasteiger partial charge on any atom is 0.130 e. The third-order valence-corrected chi connectivity index (χ3v) is 3.92. The summed E-state index contributed by atoms with van der Waals surface area (Å²) in [7, 11) is 0. The number of aryl methyl sites for hydroxylation is 2. The number of halogens is 1. The minimum atomic E-state index is -0.0836. The highest BCUT2D eigenvalue weighted by Gasteiger charge is 2.17. The smallest absolute Gasteiger partial charge is 0.130 e. The van der Waals surface area contributed by atoms with Crippen LogP contribution < -0.4 is 5.32 Å². The standard InChI is InChI=1S/C19H24FN/c1-4-12-21-18(13-16-10-6-5-8-14(16)2)17-11-7-9-15(3)19(17)20/h5-11,18,21H,4,12-13H2,1-3H3. The Balaban J connectivity index is 2.30. The van der Waals surface area contributed by atoms with Crippen LogP contribution >= 0.6 is 0 Å². The lowest BCUT2D eigenvalue weighted by Crippen LogP contribution is -2.25. The fraction of sp³-hybridized carbons (Fsp3) is 0.368. The molecule has 0 saturated heterocycles. The highest BCUT2D eigenvalue weighted by Crippen LogP contribution is 2.24. The van der Waals surface area contributed by atoms with Crippen LogP contribution in [0.25, 0.3) is 0 Å². The molecule has 0 radical (unpaired) electrons. The van der Waals surface area contributed by atoms with Crippen molar-refractivity contribution in [2.75, 3.05) is 6.54 Å². The Morgan fingerprint density at radius 2 is 1.71 bits per heavy atom. The van der Waals surface area contributed by atoms with Crippen LogP contribution in [0.2, 0.25) is 0 Å². The van der Waals surface area contributed by atoms with Gasteiger partial charge in [0.2, 0.25) is 0 Å². The Hall–Kier alpha value is -1.67. The van der Waals surface area contributed by atoms with Crippen molar-refractivity contribution < 1.29 is 4.39 Å². The zero-order valence-electron chi connectivity index (χ0n) is 13.1. The molecule has 0 saturated carbocycles. The third kappa shape index (κ3) is 3.92. The molecule has 0 bridgehead atoms. The van der Waals surface area contributed by atoms with Crippen molar-refractivity contribution in [3.05, 3.63) is 70.5 Å². The van der Waals surface area contributed by atoms with E-state index in [1.165, 1.54) is 11.1 Å². The minimum Gasteiger partial charge on any atom is -0.310 e. The number of hydrogen-bond donors (Lipinski definition) is 1. The molecule has 2 aromatic rings. The molecule has 2 aromatic carbocycles. The summed E-state index contributed by atoms with van der Waals surface area (Å²) in [5.74, 6) is -0.0836. The summed E-state index contributed by atoms with van der Waals surface area (Å²) in [6.07, 6.45) is 1.85. The highest BCUT2D eigenvalue weighted by atomic mass is 19.1. The lowest BCUT2D eigenvalue weighted by molar-refractivity contribution is 0.494. The van der Waals surface area contributed by atoms with Gasteiger partial charge in [0.1, 0.15) is 5.82 Å². The van der Waals surface area contributed by atoms with Crippen molar-refractivity contribution in [3.8, 4) is 0 Å².